The SMILES string of the molecule is Cc1ccc([C@@H](C(=O)NC2CCCCC2)N2CCC(Cc3ccccc3)CC2)cc1. The van der Waals surface area contributed by atoms with Crippen molar-refractivity contribution in [2.75, 3.05) is 13.1 Å². The van der Waals surface area contributed by atoms with Gasteiger partial charge in [-0.2, -0.15) is 0 Å². The highest BCUT2D eigenvalue weighted by Gasteiger charge is 2.32. The summed E-state index contributed by atoms with van der Waals surface area (Å²) >= 11 is 0. The summed E-state index contributed by atoms with van der Waals surface area (Å²) in [5.74, 6) is 0.913. The van der Waals surface area contributed by atoms with Crippen molar-refractivity contribution in [1.29, 1.82) is 0 Å². The maximum Gasteiger partial charge on any atom is 0.242 e. The van der Waals surface area contributed by atoms with E-state index in [-0.39, 0.29) is 11.9 Å². The first kappa shape index (κ1) is 21.1. The molecule has 1 amide bonds. The Bertz CT molecular complexity index is 787. The molecule has 1 saturated carbocycles. The number of amides is 1. The molecule has 1 aliphatic carbocycles. The van der Waals surface area contributed by atoms with E-state index in [1.54, 1.807) is 0 Å². The summed E-state index contributed by atoms with van der Waals surface area (Å²) in [5.41, 5.74) is 3.81. The second-order valence-corrected chi connectivity index (χ2v) is 9.33. The van der Waals surface area contributed by atoms with Gasteiger partial charge in [-0.25, -0.2) is 0 Å². The van der Waals surface area contributed by atoms with Gasteiger partial charge in [0.05, 0.1) is 0 Å². The molecule has 1 saturated heterocycles. The molecule has 1 heterocycles. The van der Waals surface area contributed by atoms with Crippen LogP contribution in [0.5, 0.6) is 0 Å². The van der Waals surface area contributed by atoms with E-state index in [1.165, 1.54) is 30.4 Å². The Hall–Kier alpha value is -2.13. The Morgan fingerprint density at radius 3 is 2.27 bits per heavy atom. The zero-order valence-electron chi connectivity index (χ0n) is 18.4. The van der Waals surface area contributed by atoms with Gasteiger partial charge in [0.2, 0.25) is 5.91 Å². The van der Waals surface area contributed by atoms with Crippen LogP contribution in [-0.4, -0.2) is 29.9 Å². The lowest BCUT2D eigenvalue weighted by molar-refractivity contribution is -0.128. The van der Waals surface area contributed by atoms with Crippen LogP contribution in [0.25, 0.3) is 0 Å². The van der Waals surface area contributed by atoms with Crippen LogP contribution in [0.2, 0.25) is 0 Å². The predicted octanol–water partition coefficient (Wildman–Crippen LogP) is 5.44. The maximum atomic E-state index is 13.4. The van der Waals surface area contributed by atoms with Gasteiger partial charge in [-0.1, -0.05) is 79.4 Å². The number of nitrogens with one attached hydrogen (secondary N) is 1. The van der Waals surface area contributed by atoms with Crippen LogP contribution in [0.4, 0.5) is 0 Å². The van der Waals surface area contributed by atoms with E-state index < -0.39 is 0 Å². The Morgan fingerprint density at radius 1 is 0.933 bits per heavy atom. The van der Waals surface area contributed by atoms with Gasteiger partial charge in [0, 0.05) is 6.04 Å². The van der Waals surface area contributed by atoms with Gasteiger partial charge in [-0.15, -0.1) is 0 Å². The van der Waals surface area contributed by atoms with E-state index in [0.29, 0.717) is 12.0 Å². The highest BCUT2D eigenvalue weighted by Crippen LogP contribution is 2.30. The van der Waals surface area contributed by atoms with Crippen LogP contribution in [0.3, 0.4) is 0 Å². The molecular weight excluding hydrogens is 368 g/mol. The number of carbonyl (C=O) groups excluding carboxylic acids is 1. The molecule has 0 radical (unpaired) electrons. The summed E-state index contributed by atoms with van der Waals surface area (Å²) in [6.45, 7) is 4.10. The third-order valence-electron chi connectivity index (χ3n) is 6.97. The lowest BCUT2D eigenvalue weighted by Crippen LogP contribution is -2.47. The molecule has 2 aromatic rings. The minimum atomic E-state index is -0.162. The average molecular weight is 405 g/mol. The molecule has 1 N–H and O–H groups in total. The topological polar surface area (TPSA) is 32.3 Å². The lowest BCUT2D eigenvalue weighted by Gasteiger charge is -2.38. The van der Waals surface area contributed by atoms with E-state index >= 15 is 0 Å². The fourth-order valence-corrected chi connectivity index (χ4v) is 5.17. The van der Waals surface area contributed by atoms with Crippen LogP contribution in [0.15, 0.2) is 54.6 Å². The molecule has 1 aliphatic heterocycles. The molecule has 0 aromatic heterocycles. The van der Waals surface area contributed by atoms with Crippen molar-refractivity contribution in [2.45, 2.75) is 70.4 Å². The van der Waals surface area contributed by atoms with E-state index in [0.717, 1.165) is 50.8 Å². The second kappa shape index (κ2) is 10.3. The quantitative estimate of drug-likeness (QED) is 0.695. The molecule has 2 fully saturated rings. The molecule has 2 aliphatic rings. The summed E-state index contributed by atoms with van der Waals surface area (Å²) in [6.07, 6.45) is 9.52. The molecule has 0 unspecified atom stereocenters. The Balaban J connectivity index is 1.43. The minimum absolute atomic E-state index is 0.162. The molecule has 0 bridgehead atoms. The number of piperidine rings is 1. The summed E-state index contributed by atoms with van der Waals surface area (Å²) in [4.78, 5) is 15.8. The van der Waals surface area contributed by atoms with Gasteiger partial charge in [0.1, 0.15) is 6.04 Å². The monoisotopic (exact) mass is 404 g/mol. The molecular formula is C27H36N2O. The first-order valence-corrected chi connectivity index (χ1v) is 11.8. The Labute approximate surface area is 181 Å². The van der Waals surface area contributed by atoms with Gasteiger partial charge in [0.25, 0.3) is 0 Å². The molecule has 160 valence electrons. The number of benzene rings is 2. The zero-order valence-corrected chi connectivity index (χ0v) is 18.4. The minimum Gasteiger partial charge on any atom is -0.352 e. The Morgan fingerprint density at radius 2 is 1.60 bits per heavy atom. The fraction of sp³-hybridized carbons (Fsp3) is 0.519. The molecule has 3 nitrogen and oxygen atoms in total. The molecule has 4 rings (SSSR count). The van der Waals surface area contributed by atoms with Crippen molar-refractivity contribution in [3.63, 3.8) is 0 Å². The molecule has 1 atom stereocenters. The number of hydrogen-bond acceptors (Lipinski definition) is 2. The average Bonchev–Trinajstić information content (AvgIpc) is 2.78. The van der Waals surface area contributed by atoms with E-state index in [9.17, 15) is 4.79 Å². The number of carbonyl (C=O) groups is 1. The smallest absolute Gasteiger partial charge is 0.242 e. The second-order valence-electron chi connectivity index (χ2n) is 9.33. The largest absolute Gasteiger partial charge is 0.352 e. The van der Waals surface area contributed by atoms with Gasteiger partial charge in [-0.05, 0) is 69.2 Å². The first-order chi connectivity index (χ1) is 14.7. The number of hydrogen-bond donors (Lipinski definition) is 1. The highest BCUT2D eigenvalue weighted by molar-refractivity contribution is 5.83. The summed E-state index contributed by atoms with van der Waals surface area (Å²) in [7, 11) is 0. The van der Waals surface area contributed by atoms with Gasteiger partial charge >= 0.3 is 0 Å². The zero-order chi connectivity index (χ0) is 20.8. The number of nitrogens with zero attached hydrogens (tertiary/aromatic N) is 1. The van der Waals surface area contributed by atoms with Gasteiger partial charge in [0.15, 0.2) is 0 Å². The van der Waals surface area contributed by atoms with Crippen molar-refractivity contribution in [1.82, 2.24) is 10.2 Å². The van der Waals surface area contributed by atoms with Gasteiger partial charge in [-0.3, -0.25) is 9.69 Å². The number of likely N-dealkylation sites (tertiary alicyclic amines) is 1. The Kier molecular flexibility index (Phi) is 7.22. The van der Waals surface area contributed by atoms with Crippen molar-refractivity contribution >= 4 is 5.91 Å². The molecule has 2 aromatic carbocycles. The standard InChI is InChI=1S/C27H36N2O/c1-21-12-14-24(15-13-21)26(27(30)28-25-10-6-3-7-11-25)29-18-16-23(17-19-29)20-22-8-4-2-5-9-22/h2,4-5,8-9,12-15,23,25-26H,3,6-7,10-11,16-20H2,1H3,(H,28,30)/t26-/m0/s1. The fourth-order valence-electron chi connectivity index (χ4n) is 5.17. The van der Waals surface area contributed by atoms with E-state index in [2.05, 4.69) is 71.7 Å². The van der Waals surface area contributed by atoms with Crippen molar-refractivity contribution in [2.24, 2.45) is 5.92 Å². The number of aryl methyl sites for hydroxylation is 1. The molecule has 3 heteroatoms. The summed E-state index contributed by atoms with van der Waals surface area (Å²) < 4.78 is 0. The summed E-state index contributed by atoms with van der Waals surface area (Å²) in [6, 6.07) is 19.6. The van der Waals surface area contributed by atoms with Crippen LogP contribution >= 0.6 is 0 Å². The third-order valence-corrected chi connectivity index (χ3v) is 6.97. The van der Waals surface area contributed by atoms with E-state index in [1.807, 2.05) is 0 Å². The molecule has 30 heavy (non-hydrogen) atoms. The third kappa shape index (κ3) is 5.51. The molecule has 0 spiro atoms. The van der Waals surface area contributed by atoms with Crippen LogP contribution in [-0.2, 0) is 11.2 Å². The van der Waals surface area contributed by atoms with Crippen molar-refractivity contribution in [3.8, 4) is 0 Å². The van der Waals surface area contributed by atoms with Crippen molar-refractivity contribution < 1.29 is 4.79 Å². The van der Waals surface area contributed by atoms with Crippen LogP contribution < -0.4 is 5.32 Å². The number of rotatable bonds is 6. The van der Waals surface area contributed by atoms with Crippen LogP contribution in [0, 0.1) is 12.8 Å². The summed E-state index contributed by atoms with van der Waals surface area (Å²) in [5, 5.41) is 3.40. The maximum absolute atomic E-state index is 13.4. The lowest BCUT2D eigenvalue weighted by atomic mass is 9.88. The van der Waals surface area contributed by atoms with E-state index in [4.69, 9.17) is 0 Å². The highest BCUT2D eigenvalue weighted by atomic mass is 16.2. The van der Waals surface area contributed by atoms with Gasteiger partial charge < -0.3 is 5.32 Å². The normalized spacial score (nSPS) is 20.0. The first-order valence-electron chi connectivity index (χ1n) is 11.8. The van der Waals surface area contributed by atoms with Crippen molar-refractivity contribution in [3.05, 3.63) is 71.3 Å². The van der Waals surface area contributed by atoms with Crippen LogP contribution in [0.1, 0.15) is 67.7 Å². The predicted molar refractivity (Wildman–Crippen MR) is 123 cm³/mol.